The van der Waals surface area contributed by atoms with Crippen LogP contribution in [0.5, 0.6) is 0 Å². The van der Waals surface area contributed by atoms with Gasteiger partial charge in [-0.05, 0) is 43.1 Å². The Bertz CT molecular complexity index is 339. The minimum atomic E-state index is 0.529. The van der Waals surface area contributed by atoms with Crippen molar-refractivity contribution in [3.05, 3.63) is 29.8 Å². The summed E-state index contributed by atoms with van der Waals surface area (Å²) in [5.74, 6) is 0.529. The van der Waals surface area contributed by atoms with Crippen LogP contribution in [0.1, 0.15) is 17.9 Å². The van der Waals surface area contributed by atoms with Crippen LogP contribution in [-0.4, -0.2) is 31.5 Å². The molecule has 1 heterocycles. The highest BCUT2D eigenvalue weighted by Gasteiger charge is 2.23. The van der Waals surface area contributed by atoms with Gasteiger partial charge in [0.2, 0.25) is 0 Å². The third kappa shape index (κ3) is 2.39. The van der Waals surface area contributed by atoms with Gasteiger partial charge in [0, 0.05) is 5.69 Å². The monoisotopic (exact) mass is 201 g/mol. The molecule has 1 unspecified atom stereocenters. The van der Waals surface area contributed by atoms with E-state index in [2.05, 4.69) is 16.9 Å². The van der Waals surface area contributed by atoms with Crippen molar-refractivity contribution in [1.82, 2.24) is 4.81 Å². The third-order valence-electron chi connectivity index (χ3n) is 2.90. The molecule has 1 aliphatic heterocycles. The Morgan fingerprint density at radius 3 is 2.80 bits per heavy atom. The average molecular weight is 201 g/mol. The lowest BCUT2D eigenvalue weighted by Gasteiger charge is -2.12. The van der Waals surface area contributed by atoms with Crippen molar-refractivity contribution in [2.45, 2.75) is 12.3 Å². The second-order valence-corrected chi connectivity index (χ2v) is 3.93. The van der Waals surface area contributed by atoms with Gasteiger partial charge in [-0.25, -0.2) is 0 Å². The molecule has 3 nitrogen and oxygen atoms in total. The van der Waals surface area contributed by atoms with Crippen molar-refractivity contribution in [3.8, 4) is 0 Å². The van der Waals surface area contributed by atoms with Gasteiger partial charge in [-0.3, -0.25) is 0 Å². The molecule has 0 spiro atoms. The van der Waals surface area contributed by atoms with Crippen LogP contribution in [0.2, 0.25) is 0 Å². The Kier molecular flexibility index (Phi) is 3.06. The summed E-state index contributed by atoms with van der Waals surface area (Å²) in [4.78, 5) is 12.4. The largest absolute Gasteiger partial charge is 0.399 e. The first-order valence-electron chi connectivity index (χ1n) is 5.17. The summed E-state index contributed by atoms with van der Waals surface area (Å²) in [7, 11) is 1.62. The van der Waals surface area contributed by atoms with Gasteiger partial charge in [0.25, 0.3) is 7.41 Å². The summed E-state index contributed by atoms with van der Waals surface area (Å²) < 4.78 is 0. The van der Waals surface area contributed by atoms with Gasteiger partial charge in [0.1, 0.15) is 0 Å². The van der Waals surface area contributed by atoms with E-state index >= 15 is 0 Å². The Morgan fingerprint density at radius 1 is 1.40 bits per heavy atom. The molecular weight excluding hydrogens is 187 g/mol. The number of anilines is 1. The van der Waals surface area contributed by atoms with E-state index in [1.807, 2.05) is 12.1 Å². The predicted molar refractivity (Wildman–Crippen MR) is 62.3 cm³/mol. The molecule has 0 saturated carbocycles. The predicted octanol–water partition coefficient (Wildman–Crippen LogP) is 0.867. The van der Waals surface area contributed by atoms with E-state index in [1.54, 1.807) is 7.41 Å². The molecule has 0 aliphatic carbocycles. The summed E-state index contributed by atoms with van der Waals surface area (Å²) >= 11 is 0. The number of carbonyl (C=O) groups is 1. The molecule has 2 rings (SSSR count). The Labute approximate surface area is 90.5 Å². The third-order valence-corrected chi connectivity index (χ3v) is 2.90. The maximum atomic E-state index is 10.3. The Balaban J connectivity index is 2.01. The number of nitrogen functional groups attached to an aromatic ring is 1. The molecule has 15 heavy (non-hydrogen) atoms. The molecule has 77 valence electrons. The molecule has 0 bridgehead atoms. The number of hydrogen-bond acceptors (Lipinski definition) is 3. The number of rotatable bonds is 3. The van der Waals surface area contributed by atoms with Crippen LogP contribution in [-0.2, 0) is 4.79 Å². The zero-order valence-electron chi connectivity index (χ0n) is 8.60. The Hall–Kier alpha value is -1.29. The number of nitrogens with zero attached hydrogens (tertiary/aromatic N) is 1. The van der Waals surface area contributed by atoms with Gasteiger partial charge in [0.15, 0.2) is 0 Å². The second kappa shape index (κ2) is 4.49. The van der Waals surface area contributed by atoms with Gasteiger partial charge < -0.3 is 15.3 Å². The van der Waals surface area contributed by atoms with Crippen LogP contribution in [0, 0.1) is 0 Å². The van der Waals surface area contributed by atoms with E-state index in [1.165, 1.54) is 5.56 Å². The lowest BCUT2D eigenvalue weighted by Crippen LogP contribution is -2.25. The quantitative estimate of drug-likeness (QED) is 0.448. The highest BCUT2D eigenvalue weighted by atomic mass is 16.1. The molecule has 0 amide bonds. The second-order valence-electron chi connectivity index (χ2n) is 3.93. The van der Waals surface area contributed by atoms with E-state index < -0.39 is 0 Å². The summed E-state index contributed by atoms with van der Waals surface area (Å²) in [5.41, 5.74) is 7.75. The molecule has 4 heteroatoms. The molecule has 1 fully saturated rings. The summed E-state index contributed by atoms with van der Waals surface area (Å²) in [6.45, 7) is 1.90. The zero-order chi connectivity index (χ0) is 10.7. The molecule has 1 aromatic carbocycles. The highest BCUT2D eigenvalue weighted by molar-refractivity contribution is 6.64. The fraction of sp³-hybridized carbons (Fsp3) is 0.364. The van der Waals surface area contributed by atoms with Gasteiger partial charge >= 0.3 is 0 Å². The Morgan fingerprint density at radius 2 is 2.13 bits per heavy atom. The van der Waals surface area contributed by atoms with E-state index in [-0.39, 0.29) is 0 Å². The van der Waals surface area contributed by atoms with Crippen LogP contribution in [0.25, 0.3) is 0 Å². The van der Waals surface area contributed by atoms with Crippen LogP contribution in [0.15, 0.2) is 24.3 Å². The first-order chi connectivity index (χ1) is 7.29. The minimum absolute atomic E-state index is 0.529. The average Bonchev–Trinajstić information content (AvgIpc) is 2.68. The van der Waals surface area contributed by atoms with Crippen LogP contribution in [0.4, 0.5) is 5.69 Å². The topological polar surface area (TPSA) is 46.3 Å². The highest BCUT2D eigenvalue weighted by Crippen LogP contribution is 2.26. The maximum Gasteiger partial charge on any atom is 0.293 e. The van der Waals surface area contributed by atoms with Gasteiger partial charge in [0.05, 0.1) is 6.19 Å². The van der Waals surface area contributed by atoms with Crippen molar-refractivity contribution in [2.24, 2.45) is 0 Å². The SMILES string of the molecule is Nc1ccc(C2CCN([B]C=O)C2)cc1. The van der Waals surface area contributed by atoms with Crippen LogP contribution in [0.3, 0.4) is 0 Å². The zero-order valence-corrected chi connectivity index (χ0v) is 8.60. The maximum absolute atomic E-state index is 10.3. The number of benzene rings is 1. The summed E-state index contributed by atoms with van der Waals surface area (Å²) in [5, 5.41) is 0. The van der Waals surface area contributed by atoms with Crippen molar-refractivity contribution >= 4 is 19.3 Å². The van der Waals surface area contributed by atoms with Gasteiger partial charge in [-0.15, -0.1) is 0 Å². The van der Waals surface area contributed by atoms with Crippen molar-refractivity contribution < 1.29 is 4.79 Å². The molecule has 1 aromatic rings. The lowest BCUT2D eigenvalue weighted by molar-refractivity contribution is 0.533. The molecule has 1 radical (unpaired) electrons. The number of carbonyl (C=O) groups excluding carboxylic acids is 1. The molecule has 1 saturated heterocycles. The standard InChI is InChI=1S/C11H14BN2O/c13-11-3-1-9(2-4-11)10-5-6-14(7-10)12-8-15/h1-4,8,10H,5-7,13H2. The fourth-order valence-corrected chi connectivity index (χ4v) is 2.05. The molecule has 2 N–H and O–H groups in total. The van der Waals surface area contributed by atoms with Gasteiger partial charge in [-0.1, -0.05) is 12.1 Å². The van der Waals surface area contributed by atoms with Gasteiger partial charge in [-0.2, -0.15) is 0 Å². The number of hydrogen-bond donors (Lipinski definition) is 1. The number of nitrogens with two attached hydrogens (primary N) is 1. The smallest absolute Gasteiger partial charge is 0.293 e. The first kappa shape index (κ1) is 10.2. The summed E-state index contributed by atoms with van der Waals surface area (Å²) in [6, 6.07) is 8.01. The minimum Gasteiger partial charge on any atom is -0.399 e. The molecule has 0 aromatic heterocycles. The van der Waals surface area contributed by atoms with Crippen molar-refractivity contribution in [1.29, 1.82) is 0 Å². The first-order valence-corrected chi connectivity index (χ1v) is 5.17. The lowest BCUT2D eigenvalue weighted by atomic mass is 9.94. The van der Waals surface area contributed by atoms with E-state index in [9.17, 15) is 4.79 Å². The van der Waals surface area contributed by atoms with Crippen molar-refractivity contribution in [3.63, 3.8) is 0 Å². The molecule has 1 atom stereocenters. The van der Waals surface area contributed by atoms with E-state index in [4.69, 9.17) is 5.73 Å². The van der Waals surface area contributed by atoms with Crippen LogP contribution >= 0.6 is 0 Å². The fourth-order valence-electron chi connectivity index (χ4n) is 2.05. The summed E-state index contributed by atoms with van der Waals surface area (Å²) in [6.07, 6.45) is 1.96. The normalized spacial score (nSPS) is 21.5. The van der Waals surface area contributed by atoms with E-state index in [0.717, 1.165) is 31.4 Å². The molecule has 1 aliphatic rings. The van der Waals surface area contributed by atoms with E-state index in [0.29, 0.717) is 5.92 Å². The molecular formula is C11H14BN2O. The van der Waals surface area contributed by atoms with Crippen molar-refractivity contribution in [2.75, 3.05) is 18.8 Å². The van der Waals surface area contributed by atoms with Crippen LogP contribution < -0.4 is 5.73 Å².